The normalized spacial score (nSPS) is 14.7. The molecular weight excluding hydrogens is 643 g/mol. The van der Waals surface area contributed by atoms with E-state index in [1.54, 1.807) is 36.6 Å². The van der Waals surface area contributed by atoms with Crippen LogP contribution in [0.2, 0.25) is 0 Å². The van der Waals surface area contributed by atoms with E-state index in [2.05, 4.69) is 27.0 Å². The van der Waals surface area contributed by atoms with Gasteiger partial charge < -0.3 is 31.2 Å². The van der Waals surface area contributed by atoms with Crippen LogP contribution < -0.4 is 26.4 Å². The number of aryl methyl sites for hydroxylation is 1. The van der Waals surface area contributed by atoms with Crippen molar-refractivity contribution >= 4 is 40.7 Å². The highest BCUT2D eigenvalue weighted by Gasteiger charge is 2.41. The minimum Gasteiger partial charge on any atom is -0.493 e. The molecule has 0 saturated heterocycles. The number of methoxy groups -OCH3 is 1. The number of anilines is 1. The smallest absolute Gasteiger partial charge is 0.357 e. The van der Waals surface area contributed by atoms with Crippen molar-refractivity contribution < 1.29 is 28.7 Å². The summed E-state index contributed by atoms with van der Waals surface area (Å²) >= 11 is 1.57. The molecule has 0 spiro atoms. The lowest BCUT2D eigenvalue weighted by Crippen LogP contribution is -2.59. The molecule has 1 fully saturated rings. The highest BCUT2D eigenvalue weighted by Crippen LogP contribution is 2.43. The average Bonchev–Trinajstić information content (AvgIpc) is 3.52. The Morgan fingerprint density at radius 1 is 0.980 bits per heavy atom. The van der Waals surface area contributed by atoms with E-state index < -0.39 is 23.3 Å². The molecule has 2 aromatic carbocycles. The zero-order valence-corrected chi connectivity index (χ0v) is 28.6. The summed E-state index contributed by atoms with van der Waals surface area (Å²) in [5, 5.41) is 10.6. The van der Waals surface area contributed by atoms with Crippen molar-refractivity contribution in [2.45, 2.75) is 57.5 Å². The van der Waals surface area contributed by atoms with Crippen LogP contribution in [0.3, 0.4) is 0 Å². The predicted molar refractivity (Wildman–Crippen MR) is 188 cm³/mol. The molecule has 1 saturated carbocycles. The third kappa shape index (κ3) is 6.66. The molecule has 11 nitrogen and oxygen atoms in total. The molecule has 4 aromatic rings. The molecule has 2 aromatic heterocycles. The van der Waals surface area contributed by atoms with Crippen LogP contribution in [0, 0.1) is 6.92 Å². The van der Waals surface area contributed by atoms with E-state index >= 15 is 0 Å². The monoisotopic (exact) mass is 681 g/mol. The van der Waals surface area contributed by atoms with Gasteiger partial charge in [0, 0.05) is 52.8 Å². The van der Waals surface area contributed by atoms with Crippen LogP contribution in [-0.4, -0.2) is 55.0 Å². The maximum absolute atomic E-state index is 14.2. The van der Waals surface area contributed by atoms with Gasteiger partial charge in [-0.25, -0.2) is 9.78 Å². The first-order valence-corrected chi connectivity index (χ1v) is 17.2. The minimum atomic E-state index is -1.07. The summed E-state index contributed by atoms with van der Waals surface area (Å²) in [4.78, 5) is 59.6. The summed E-state index contributed by atoms with van der Waals surface area (Å²) in [6, 6.07) is 14.2. The fraction of sp³-hybridized carbons (Fsp3) is 0.324. The lowest BCUT2D eigenvalue weighted by molar-refractivity contribution is -0.128. The number of esters is 1. The molecule has 1 aliphatic heterocycles. The third-order valence-corrected chi connectivity index (χ3v) is 10.3. The van der Waals surface area contributed by atoms with Gasteiger partial charge in [-0.05, 0) is 78.2 Å². The molecule has 0 radical (unpaired) electrons. The van der Waals surface area contributed by atoms with E-state index in [4.69, 9.17) is 15.2 Å². The standard InChI is InChI=1S/C37H39N5O6S/c1-21-17-22(20-38)7-9-28(21)41-33(43)26-18-27-30(48-15-11-23-12-16-49-32(23)27)19-25(26)24-8-10-29(40-31(24)35(45)47-3)34(44)42-37(36(46)39-2)13-5-4-6-14-37/h7-10,12,16-19H,4-6,11,13-15,20,38H2,1-3H3,(H,39,46)(H,41,43)(H,42,44). The van der Waals surface area contributed by atoms with Crippen molar-refractivity contribution in [2.75, 3.05) is 26.1 Å². The Balaban J connectivity index is 1.46. The summed E-state index contributed by atoms with van der Waals surface area (Å²) in [6.07, 6.45) is 4.25. The zero-order valence-electron chi connectivity index (χ0n) is 27.7. The number of nitrogens with two attached hydrogens (primary N) is 1. The molecule has 3 amide bonds. The van der Waals surface area contributed by atoms with Crippen LogP contribution >= 0.6 is 11.3 Å². The van der Waals surface area contributed by atoms with Crippen LogP contribution in [0.25, 0.3) is 21.6 Å². The summed E-state index contributed by atoms with van der Waals surface area (Å²) in [5.41, 5.74) is 9.74. The Hall–Kier alpha value is -5.07. The Kier molecular flexibility index (Phi) is 9.79. The van der Waals surface area contributed by atoms with E-state index in [0.29, 0.717) is 49.4 Å². The minimum absolute atomic E-state index is 0.0612. The Morgan fingerprint density at radius 3 is 2.49 bits per heavy atom. The lowest BCUT2D eigenvalue weighted by Gasteiger charge is -2.36. The Bertz CT molecular complexity index is 1950. The first kappa shape index (κ1) is 33.8. The van der Waals surface area contributed by atoms with Crippen LogP contribution in [-0.2, 0) is 22.5 Å². The number of rotatable bonds is 8. The number of carbonyl (C=O) groups excluding carboxylic acids is 4. The number of ether oxygens (including phenoxy) is 2. The largest absolute Gasteiger partial charge is 0.493 e. The fourth-order valence-corrected chi connectivity index (χ4v) is 7.63. The highest BCUT2D eigenvalue weighted by atomic mass is 32.1. The van der Waals surface area contributed by atoms with Crippen molar-refractivity contribution in [2.24, 2.45) is 5.73 Å². The first-order valence-electron chi connectivity index (χ1n) is 16.3. The van der Waals surface area contributed by atoms with Gasteiger partial charge in [-0.2, -0.15) is 0 Å². The van der Waals surface area contributed by atoms with E-state index in [0.717, 1.165) is 46.4 Å². The summed E-state index contributed by atoms with van der Waals surface area (Å²) in [6.45, 7) is 2.70. The molecule has 1 aliphatic carbocycles. The van der Waals surface area contributed by atoms with Gasteiger partial charge >= 0.3 is 5.97 Å². The van der Waals surface area contributed by atoms with Crippen LogP contribution in [0.4, 0.5) is 5.69 Å². The first-order chi connectivity index (χ1) is 23.7. The number of hydrogen-bond donors (Lipinski definition) is 4. The number of carbonyl (C=O) groups is 4. The van der Waals surface area contributed by atoms with E-state index in [1.165, 1.54) is 13.2 Å². The van der Waals surface area contributed by atoms with E-state index in [-0.39, 0.29) is 28.4 Å². The van der Waals surface area contributed by atoms with Gasteiger partial charge in [-0.15, -0.1) is 11.3 Å². The van der Waals surface area contributed by atoms with Crippen LogP contribution in [0.1, 0.15) is 80.1 Å². The number of fused-ring (bicyclic) bond motifs is 3. The number of thiophene rings is 1. The average molecular weight is 682 g/mol. The molecular formula is C37H39N5O6S. The summed E-state index contributed by atoms with van der Waals surface area (Å²) in [7, 11) is 2.77. The van der Waals surface area contributed by atoms with Crippen LogP contribution in [0.5, 0.6) is 5.75 Å². The molecule has 0 atom stereocenters. The Morgan fingerprint density at radius 2 is 1.78 bits per heavy atom. The van der Waals surface area contributed by atoms with Gasteiger partial charge in [0.05, 0.1) is 13.7 Å². The molecule has 5 N–H and O–H groups in total. The van der Waals surface area contributed by atoms with Crippen molar-refractivity contribution in [3.8, 4) is 27.3 Å². The number of likely N-dealkylation sites (N-methyl/N-ethyl adjacent to an activating group) is 1. The topological polar surface area (TPSA) is 162 Å². The SMILES string of the molecule is CNC(=O)C1(NC(=O)c2ccc(-c3cc4c(cc3C(=O)Nc3ccc(CN)cc3C)-c3sccc3CCO4)c(C(=O)OC)n2)CCCCC1. The second-order valence-electron chi connectivity index (χ2n) is 12.3. The number of hydrogen-bond acceptors (Lipinski definition) is 9. The number of amides is 3. The highest BCUT2D eigenvalue weighted by molar-refractivity contribution is 7.13. The van der Waals surface area contributed by atoms with Gasteiger partial charge in [-0.3, -0.25) is 14.4 Å². The third-order valence-electron chi connectivity index (χ3n) is 9.28. The van der Waals surface area contributed by atoms with Gasteiger partial charge in [0.15, 0.2) is 5.69 Å². The van der Waals surface area contributed by atoms with Crippen molar-refractivity contribution in [3.05, 3.63) is 87.6 Å². The molecule has 0 unspecified atom stereocenters. The maximum atomic E-state index is 14.2. The Labute approximate surface area is 288 Å². The van der Waals surface area contributed by atoms with Gasteiger partial charge in [0.2, 0.25) is 5.91 Å². The zero-order chi connectivity index (χ0) is 34.7. The van der Waals surface area contributed by atoms with Gasteiger partial charge in [-0.1, -0.05) is 31.4 Å². The van der Waals surface area contributed by atoms with Crippen molar-refractivity contribution in [3.63, 3.8) is 0 Å². The number of pyridine rings is 1. The molecule has 2 aliphatic rings. The van der Waals surface area contributed by atoms with Crippen molar-refractivity contribution in [1.82, 2.24) is 15.6 Å². The van der Waals surface area contributed by atoms with Crippen molar-refractivity contribution in [1.29, 1.82) is 0 Å². The van der Waals surface area contributed by atoms with Gasteiger partial charge in [0.25, 0.3) is 11.8 Å². The molecule has 0 bridgehead atoms. The number of nitrogens with one attached hydrogen (secondary N) is 3. The maximum Gasteiger partial charge on any atom is 0.357 e. The lowest BCUT2D eigenvalue weighted by atomic mass is 9.80. The fourth-order valence-electron chi connectivity index (χ4n) is 6.65. The van der Waals surface area contributed by atoms with E-state index in [9.17, 15) is 19.2 Å². The molecule has 12 heteroatoms. The van der Waals surface area contributed by atoms with Crippen LogP contribution in [0.15, 0.2) is 53.9 Å². The second-order valence-corrected chi connectivity index (χ2v) is 13.3. The van der Waals surface area contributed by atoms with Gasteiger partial charge in [0.1, 0.15) is 17.0 Å². The molecule has 3 heterocycles. The molecule has 254 valence electrons. The number of benzene rings is 2. The number of nitrogens with zero attached hydrogens (tertiary/aromatic N) is 1. The predicted octanol–water partition coefficient (Wildman–Crippen LogP) is 5.40. The quantitative estimate of drug-likeness (QED) is 0.180. The van der Waals surface area contributed by atoms with E-state index in [1.807, 2.05) is 30.5 Å². The molecule has 49 heavy (non-hydrogen) atoms. The number of aromatic nitrogens is 1. The second kappa shape index (κ2) is 14.2. The summed E-state index contributed by atoms with van der Waals surface area (Å²) in [5.74, 6) is -1.51. The molecule has 6 rings (SSSR count). The summed E-state index contributed by atoms with van der Waals surface area (Å²) < 4.78 is 11.3.